The van der Waals surface area contributed by atoms with E-state index in [9.17, 15) is 4.39 Å². The van der Waals surface area contributed by atoms with Gasteiger partial charge in [-0.15, -0.1) is 0 Å². The van der Waals surface area contributed by atoms with E-state index >= 15 is 0 Å². The minimum Gasteiger partial charge on any atom is -0.400 e. The lowest BCUT2D eigenvalue weighted by atomic mass is 9.77. The largest absolute Gasteiger partial charge is 0.491 e. The Balaban J connectivity index is 2.28. The summed E-state index contributed by atoms with van der Waals surface area (Å²) in [5.41, 5.74) is 0.629. The smallest absolute Gasteiger partial charge is 0.400 e. The first-order valence-corrected chi connectivity index (χ1v) is 7.07. The summed E-state index contributed by atoms with van der Waals surface area (Å²) in [4.78, 5) is 4.15. The summed E-state index contributed by atoms with van der Waals surface area (Å²) in [6, 6.07) is 2.71. The quantitative estimate of drug-likeness (QED) is 0.866. The summed E-state index contributed by atoms with van der Waals surface area (Å²) in [6.45, 7) is 8.60. The summed E-state index contributed by atoms with van der Waals surface area (Å²) < 4.78 is 25.3. The van der Waals surface area contributed by atoms with Crippen molar-refractivity contribution < 1.29 is 13.7 Å². The molecule has 4 nitrogen and oxygen atoms in total. The van der Waals surface area contributed by atoms with Crippen molar-refractivity contribution in [2.45, 2.75) is 38.9 Å². The minimum absolute atomic E-state index is 0.311. The summed E-state index contributed by atoms with van der Waals surface area (Å²) in [5, 5.41) is 3.08. The van der Waals surface area contributed by atoms with Crippen molar-refractivity contribution in [3.05, 3.63) is 35.3 Å². The van der Waals surface area contributed by atoms with Gasteiger partial charge in [0.15, 0.2) is 0 Å². The molecule has 1 fully saturated rings. The fourth-order valence-corrected chi connectivity index (χ4v) is 2.09. The fraction of sp³-hybridized carbons (Fsp3) is 0.533. The third kappa shape index (κ3) is 3.51. The molecule has 0 unspecified atom stereocenters. The first-order valence-electron chi connectivity index (χ1n) is 7.07. The highest BCUT2D eigenvalue weighted by Gasteiger charge is 2.52. The van der Waals surface area contributed by atoms with Gasteiger partial charge in [0.1, 0.15) is 5.82 Å². The Kier molecular flexibility index (Phi) is 4.51. The molecule has 21 heavy (non-hydrogen) atoms. The third-order valence-corrected chi connectivity index (χ3v) is 4.01. The van der Waals surface area contributed by atoms with Gasteiger partial charge in [0.2, 0.25) is 0 Å². The highest BCUT2D eigenvalue weighted by atomic mass is 19.1. The first kappa shape index (κ1) is 16.1. The topological polar surface area (TPSA) is 43.4 Å². The number of likely N-dealkylation sites (N-methyl/N-ethyl adjacent to an activating group) is 1. The van der Waals surface area contributed by atoms with Crippen LogP contribution in [0.25, 0.3) is 6.08 Å². The Bertz CT molecular complexity index is 530. The zero-order valence-corrected chi connectivity index (χ0v) is 13.2. The summed E-state index contributed by atoms with van der Waals surface area (Å²) in [5.74, 6) is -0.311. The Morgan fingerprint density at radius 3 is 2.48 bits per heavy atom. The third-order valence-electron chi connectivity index (χ3n) is 4.01. The van der Waals surface area contributed by atoms with Crippen molar-refractivity contribution in [2.75, 3.05) is 13.6 Å². The van der Waals surface area contributed by atoms with Gasteiger partial charge in [-0.2, -0.15) is 0 Å². The molecule has 1 saturated heterocycles. The molecule has 0 aromatic carbocycles. The molecule has 1 aliphatic heterocycles. The van der Waals surface area contributed by atoms with E-state index < -0.39 is 18.3 Å². The van der Waals surface area contributed by atoms with E-state index in [0.29, 0.717) is 12.2 Å². The Labute approximate surface area is 125 Å². The Hall–Kier alpha value is -1.24. The summed E-state index contributed by atoms with van der Waals surface area (Å²) in [6.07, 6.45) is 3.25. The second kappa shape index (κ2) is 5.87. The number of rotatable bonds is 4. The van der Waals surface area contributed by atoms with Crippen LogP contribution in [0.2, 0.25) is 0 Å². The Morgan fingerprint density at radius 1 is 1.33 bits per heavy atom. The molecule has 0 aliphatic carbocycles. The van der Waals surface area contributed by atoms with Crippen LogP contribution in [0.5, 0.6) is 0 Å². The number of aromatic nitrogens is 1. The number of halogens is 1. The van der Waals surface area contributed by atoms with Crippen LogP contribution in [0.3, 0.4) is 0 Å². The standard InChI is InChI=1S/C15H22BFN2O2/c1-14(2)15(3,4)21-16(20-14)11(10-18-5)8-13-9-12(17)6-7-19-13/h6-9,18H,10H2,1-5H3. The monoisotopic (exact) mass is 292 g/mol. The molecule has 6 heteroatoms. The molecule has 1 N–H and O–H groups in total. The van der Waals surface area contributed by atoms with Crippen LogP contribution in [0.1, 0.15) is 33.4 Å². The average Bonchev–Trinajstić information content (AvgIpc) is 2.58. The molecule has 0 atom stereocenters. The van der Waals surface area contributed by atoms with E-state index in [-0.39, 0.29) is 5.82 Å². The maximum atomic E-state index is 13.3. The minimum atomic E-state index is -0.465. The number of hydrogen-bond donors (Lipinski definition) is 1. The summed E-state index contributed by atoms with van der Waals surface area (Å²) >= 11 is 0. The second-order valence-corrected chi connectivity index (χ2v) is 6.24. The predicted octanol–water partition coefficient (Wildman–Crippen LogP) is 2.45. The van der Waals surface area contributed by atoms with E-state index in [2.05, 4.69) is 10.3 Å². The number of nitrogens with zero attached hydrogens (tertiary/aromatic N) is 1. The van der Waals surface area contributed by atoms with Crippen LogP contribution in [0.4, 0.5) is 4.39 Å². The van der Waals surface area contributed by atoms with Crippen molar-refractivity contribution >= 4 is 13.2 Å². The van der Waals surface area contributed by atoms with Gasteiger partial charge < -0.3 is 14.6 Å². The fourth-order valence-electron chi connectivity index (χ4n) is 2.09. The molecule has 0 saturated carbocycles. The van der Waals surface area contributed by atoms with Gasteiger partial charge in [0, 0.05) is 12.7 Å². The zero-order valence-electron chi connectivity index (χ0n) is 13.2. The maximum absolute atomic E-state index is 13.3. The van der Waals surface area contributed by atoms with E-state index in [1.165, 1.54) is 18.3 Å². The lowest BCUT2D eigenvalue weighted by Crippen LogP contribution is -2.41. The van der Waals surface area contributed by atoms with E-state index in [1.807, 2.05) is 40.8 Å². The molecule has 1 aromatic rings. The van der Waals surface area contributed by atoms with E-state index in [4.69, 9.17) is 9.31 Å². The number of pyridine rings is 1. The van der Waals surface area contributed by atoms with Crippen LogP contribution in [0.15, 0.2) is 23.8 Å². The molecular formula is C15H22BFN2O2. The van der Waals surface area contributed by atoms with Crippen molar-refractivity contribution in [2.24, 2.45) is 0 Å². The summed E-state index contributed by atoms with van der Waals surface area (Å²) in [7, 11) is 1.38. The Morgan fingerprint density at radius 2 is 1.95 bits per heavy atom. The molecule has 0 bridgehead atoms. The van der Waals surface area contributed by atoms with Crippen LogP contribution in [0, 0.1) is 5.82 Å². The van der Waals surface area contributed by atoms with E-state index in [0.717, 1.165) is 5.47 Å². The SMILES string of the molecule is CNCC(=Cc1cc(F)ccn1)B1OC(C)(C)C(C)(C)O1. The van der Waals surface area contributed by atoms with Gasteiger partial charge in [-0.1, -0.05) is 0 Å². The molecule has 1 aliphatic rings. The maximum Gasteiger partial charge on any atom is 0.491 e. The molecular weight excluding hydrogens is 270 g/mol. The van der Waals surface area contributed by atoms with Gasteiger partial charge in [-0.05, 0) is 58.4 Å². The average molecular weight is 292 g/mol. The van der Waals surface area contributed by atoms with Crippen LogP contribution in [-0.2, 0) is 9.31 Å². The van der Waals surface area contributed by atoms with Crippen molar-refractivity contribution in [1.29, 1.82) is 0 Å². The molecule has 0 amide bonds. The highest BCUT2D eigenvalue weighted by Crippen LogP contribution is 2.38. The van der Waals surface area contributed by atoms with Crippen LogP contribution >= 0.6 is 0 Å². The number of nitrogens with one attached hydrogen (secondary N) is 1. The molecule has 0 radical (unpaired) electrons. The van der Waals surface area contributed by atoms with Gasteiger partial charge in [-0.25, -0.2) is 4.39 Å². The van der Waals surface area contributed by atoms with Crippen molar-refractivity contribution in [1.82, 2.24) is 10.3 Å². The predicted molar refractivity (Wildman–Crippen MR) is 82.2 cm³/mol. The highest BCUT2D eigenvalue weighted by molar-refractivity contribution is 6.55. The molecule has 1 aromatic heterocycles. The second-order valence-electron chi connectivity index (χ2n) is 6.24. The number of hydrogen-bond acceptors (Lipinski definition) is 4. The van der Waals surface area contributed by atoms with Crippen LogP contribution < -0.4 is 5.32 Å². The molecule has 2 heterocycles. The zero-order chi connectivity index (χ0) is 15.7. The van der Waals surface area contributed by atoms with Crippen molar-refractivity contribution in [3.63, 3.8) is 0 Å². The lowest BCUT2D eigenvalue weighted by molar-refractivity contribution is 0.00578. The molecule has 0 spiro atoms. The normalized spacial score (nSPS) is 20.9. The molecule has 2 rings (SSSR count). The van der Waals surface area contributed by atoms with Crippen LogP contribution in [-0.4, -0.2) is 36.9 Å². The first-order chi connectivity index (χ1) is 9.75. The lowest BCUT2D eigenvalue weighted by Gasteiger charge is -2.32. The van der Waals surface area contributed by atoms with Crippen molar-refractivity contribution in [3.8, 4) is 0 Å². The van der Waals surface area contributed by atoms with Gasteiger partial charge in [0.25, 0.3) is 0 Å². The molecule has 114 valence electrons. The van der Waals surface area contributed by atoms with E-state index in [1.54, 1.807) is 0 Å². The van der Waals surface area contributed by atoms with Gasteiger partial charge >= 0.3 is 7.12 Å². The van der Waals surface area contributed by atoms with Gasteiger partial charge in [0.05, 0.1) is 16.9 Å². The van der Waals surface area contributed by atoms with Gasteiger partial charge in [-0.3, -0.25) is 4.98 Å².